The molecule has 17 heavy (non-hydrogen) atoms. The van der Waals surface area contributed by atoms with Crippen molar-refractivity contribution in [2.75, 3.05) is 7.11 Å². The fourth-order valence-corrected chi connectivity index (χ4v) is 2.64. The molecule has 3 N–H and O–H groups in total. The van der Waals surface area contributed by atoms with Crippen molar-refractivity contribution in [2.45, 2.75) is 50.2 Å². The fraction of sp³-hybridized carbons (Fsp3) is 0.833. The second kappa shape index (κ2) is 4.90. The summed E-state index contributed by atoms with van der Waals surface area (Å²) in [6.07, 6.45) is 5.73. The Morgan fingerprint density at radius 2 is 2.24 bits per heavy atom. The van der Waals surface area contributed by atoms with Crippen molar-refractivity contribution in [3.05, 3.63) is 0 Å². The Labute approximate surface area is 107 Å². The molecule has 1 unspecified atom stereocenters. The van der Waals surface area contributed by atoms with Gasteiger partial charge in [-0.2, -0.15) is 0 Å². The lowest BCUT2D eigenvalue weighted by atomic mass is 9.77. The molecule has 2 aliphatic carbocycles. The van der Waals surface area contributed by atoms with Crippen LogP contribution in [0.3, 0.4) is 0 Å². The summed E-state index contributed by atoms with van der Waals surface area (Å²) in [7, 11) is 1.68. The molecule has 4 nitrogen and oxygen atoms in total. The maximum absolute atomic E-state index is 12.0. The van der Waals surface area contributed by atoms with Crippen LogP contribution in [-0.4, -0.2) is 29.6 Å². The van der Waals surface area contributed by atoms with E-state index in [2.05, 4.69) is 5.32 Å². The summed E-state index contributed by atoms with van der Waals surface area (Å²) in [4.78, 5) is 12.4. The summed E-state index contributed by atoms with van der Waals surface area (Å²) in [5.41, 5.74) is 5.43. The number of nitrogens with one attached hydrogen (secondary N) is 1. The molecule has 5 heteroatoms. The monoisotopic (exact) mass is 256 g/mol. The smallest absolute Gasteiger partial charge is 0.223 e. The lowest BCUT2D eigenvalue weighted by molar-refractivity contribution is -0.134. The molecular weight excluding hydrogens is 236 g/mol. The minimum Gasteiger partial charge on any atom is -0.392 e. The van der Waals surface area contributed by atoms with Gasteiger partial charge < -0.3 is 15.8 Å². The van der Waals surface area contributed by atoms with Crippen molar-refractivity contribution < 1.29 is 9.53 Å². The maximum Gasteiger partial charge on any atom is 0.223 e. The molecule has 2 aliphatic rings. The molecule has 0 spiro atoms. The predicted molar refractivity (Wildman–Crippen MR) is 69.6 cm³/mol. The van der Waals surface area contributed by atoms with Crippen LogP contribution < -0.4 is 11.1 Å². The molecule has 0 saturated heterocycles. The first-order chi connectivity index (χ1) is 8.06. The topological polar surface area (TPSA) is 64.3 Å². The van der Waals surface area contributed by atoms with E-state index in [9.17, 15) is 4.79 Å². The highest BCUT2D eigenvalue weighted by Gasteiger charge is 2.40. The Balaban J connectivity index is 1.85. The summed E-state index contributed by atoms with van der Waals surface area (Å²) in [6, 6.07) is -0.119. The number of nitrogens with two attached hydrogens (primary N) is 1. The first-order valence-corrected chi connectivity index (χ1v) is 6.61. The van der Waals surface area contributed by atoms with Crippen molar-refractivity contribution in [2.24, 2.45) is 11.7 Å². The Morgan fingerprint density at radius 1 is 1.59 bits per heavy atom. The largest absolute Gasteiger partial charge is 0.392 e. The highest BCUT2D eigenvalue weighted by Crippen LogP contribution is 2.38. The molecule has 0 aromatic carbocycles. The average molecular weight is 256 g/mol. The van der Waals surface area contributed by atoms with Crippen molar-refractivity contribution in [1.82, 2.24) is 5.32 Å². The molecule has 0 aliphatic heterocycles. The molecule has 1 amide bonds. The molecule has 1 atom stereocenters. The quantitative estimate of drug-likeness (QED) is 0.699. The number of hydrogen-bond acceptors (Lipinski definition) is 3. The van der Waals surface area contributed by atoms with Gasteiger partial charge >= 0.3 is 0 Å². The normalized spacial score (nSPS) is 23.6. The van der Waals surface area contributed by atoms with Gasteiger partial charge in [0.05, 0.1) is 23.1 Å². The summed E-state index contributed by atoms with van der Waals surface area (Å²) in [5, 5.41) is 2.95. The van der Waals surface area contributed by atoms with Gasteiger partial charge in [-0.15, -0.1) is 0 Å². The van der Waals surface area contributed by atoms with E-state index in [1.165, 1.54) is 0 Å². The average Bonchev–Trinajstić information content (AvgIpc) is 3.03. The van der Waals surface area contributed by atoms with Gasteiger partial charge in [0.2, 0.25) is 5.91 Å². The van der Waals surface area contributed by atoms with Crippen LogP contribution in [0.15, 0.2) is 0 Å². The van der Waals surface area contributed by atoms with Gasteiger partial charge in [-0.1, -0.05) is 12.2 Å². The minimum absolute atomic E-state index is 0.0104. The zero-order chi connectivity index (χ0) is 12.5. The molecule has 2 fully saturated rings. The van der Waals surface area contributed by atoms with E-state index < -0.39 is 0 Å². The third-order valence-electron chi connectivity index (χ3n) is 3.90. The number of ether oxygens (including phenoxy) is 1. The van der Waals surface area contributed by atoms with E-state index in [0.717, 1.165) is 32.1 Å². The summed E-state index contributed by atoms with van der Waals surface area (Å²) >= 11 is 5.00. The molecule has 2 saturated carbocycles. The lowest BCUT2D eigenvalue weighted by Gasteiger charge is -2.40. The highest BCUT2D eigenvalue weighted by molar-refractivity contribution is 7.80. The summed E-state index contributed by atoms with van der Waals surface area (Å²) < 4.78 is 5.44. The van der Waals surface area contributed by atoms with E-state index >= 15 is 0 Å². The van der Waals surface area contributed by atoms with E-state index in [1.807, 2.05) is 0 Å². The molecule has 0 radical (unpaired) electrons. The van der Waals surface area contributed by atoms with E-state index in [-0.39, 0.29) is 17.6 Å². The van der Waals surface area contributed by atoms with Crippen LogP contribution in [0, 0.1) is 5.92 Å². The van der Waals surface area contributed by atoms with Gasteiger partial charge in [-0.25, -0.2) is 0 Å². The predicted octanol–water partition coefficient (Wildman–Crippen LogP) is 1.13. The SMILES string of the molecule is COC1(CC(=O)NC(C(N)=S)C2CC2)CCC1. The maximum atomic E-state index is 12.0. The Bertz CT molecular complexity index is 319. The number of carbonyl (C=O) groups is 1. The van der Waals surface area contributed by atoms with Crippen LogP contribution in [0.5, 0.6) is 0 Å². The van der Waals surface area contributed by atoms with Gasteiger partial charge in [0.15, 0.2) is 0 Å². The number of hydrogen-bond donors (Lipinski definition) is 2. The number of methoxy groups -OCH3 is 1. The summed E-state index contributed by atoms with van der Waals surface area (Å²) in [5.74, 6) is 0.465. The van der Waals surface area contributed by atoms with Crippen LogP contribution in [0.2, 0.25) is 0 Å². The number of rotatable bonds is 6. The molecule has 0 aromatic rings. The Kier molecular flexibility index (Phi) is 3.68. The fourth-order valence-electron chi connectivity index (χ4n) is 2.39. The highest BCUT2D eigenvalue weighted by atomic mass is 32.1. The minimum atomic E-state index is -0.228. The van der Waals surface area contributed by atoms with Crippen molar-refractivity contribution in [1.29, 1.82) is 0 Å². The van der Waals surface area contributed by atoms with E-state index in [0.29, 0.717) is 17.3 Å². The van der Waals surface area contributed by atoms with Crippen LogP contribution in [0.1, 0.15) is 38.5 Å². The molecular formula is C12H20N2O2S. The van der Waals surface area contributed by atoms with Crippen molar-refractivity contribution in [3.8, 4) is 0 Å². The van der Waals surface area contributed by atoms with E-state index in [1.54, 1.807) is 7.11 Å². The third-order valence-corrected chi connectivity index (χ3v) is 4.15. The van der Waals surface area contributed by atoms with Crippen molar-refractivity contribution in [3.63, 3.8) is 0 Å². The van der Waals surface area contributed by atoms with E-state index in [4.69, 9.17) is 22.7 Å². The van der Waals surface area contributed by atoms with Gasteiger partial charge in [0.1, 0.15) is 0 Å². The Morgan fingerprint density at radius 3 is 2.59 bits per heavy atom. The second-order valence-corrected chi connectivity index (χ2v) is 5.67. The molecule has 0 aromatic heterocycles. The molecule has 0 heterocycles. The third kappa shape index (κ3) is 2.96. The first-order valence-electron chi connectivity index (χ1n) is 6.20. The van der Waals surface area contributed by atoms with Gasteiger partial charge in [0, 0.05) is 7.11 Å². The molecule has 0 bridgehead atoms. The zero-order valence-corrected chi connectivity index (χ0v) is 11.0. The molecule has 96 valence electrons. The van der Waals surface area contributed by atoms with Gasteiger partial charge in [0.25, 0.3) is 0 Å². The van der Waals surface area contributed by atoms with Crippen LogP contribution in [0.25, 0.3) is 0 Å². The first kappa shape index (κ1) is 12.8. The summed E-state index contributed by atoms with van der Waals surface area (Å²) in [6.45, 7) is 0. The number of amides is 1. The lowest BCUT2D eigenvalue weighted by Crippen LogP contribution is -2.49. The van der Waals surface area contributed by atoms with Gasteiger partial charge in [-0.3, -0.25) is 4.79 Å². The second-order valence-electron chi connectivity index (χ2n) is 5.20. The van der Waals surface area contributed by atoms with Crippen LogP contribution in [-0.2, 0) is 9.53 Å². The van der Waals surface area contributed by atoms with Crippen molar-refractivity contribution >= 4 is 23.1 Å². The van der Waals surface area contributed by atoms with Crippen LogP contribution in [0.4, 0.5) is 0 Å². The Hall–Kier alpha value is -0.680. The van der Waals surface area contributed by atoms with Crippen LogP contribution >= 0.6 is 12.2 Å². The standard InChI is InChI=1S/C12H20N2O2S/c1-16-12(5-2-6-12)7-9(15)14-10(11(13)17)8-3-4-8/h8,10H,2-7H2,1H3,(H2,13,17)(H,14,15). The zero-order valence-electron chi connectivity index (χ0n) is 10.2. The number of thiocarbonyl (C=S) groups is 1. The molecule has 2 rings (SSSR count). The number of carbonyl (C=O) groups excluding carboxylic acids is 1. The van der Waals surface area contributed by atoms with Gasteiger partial charge in [-0.05, 0) is 38.0 Å².